The largest absolute Gasteiger partial charge is 0.439 e. The summed E-state index contributed by atoms with van der Waals surface area (Å²) in [5, 5.41) is 0. The summed E-state index contributed by atoms with van der Waals surface area (Å²) >= 11 is 0. The van der Waals surface area contributed by atoms with Crippen molar-refractivity contribution >= 4 is 17.9 Å². The van der Waals surface area contributed by atoms with Crippen molar-refractivity contribution in [2.45, 2.75) is 6.42 Å². The van der Waals surface area contributed by atoms with Crippen molar-refractivity contribution in [1.82, 2.24) is 9.80 Å². The molecule has 0 aromatic heterocycles. The van der Waals surface area contributed by atoms with Gasteiger partial charge in [0.2, 0.25) is 5.91 Å². The maximum Gasteiger partial charge on any atom is 0.417 e. The van der Waals surface area contributed by atoms with Gasteiger partial charge in [-0.3, -0.25) is 9.59 Å². The van der Waals surface area contributed by atoms with Crippen molar-refractivity contribution in [1.29, 1.82) is 0 Å². The molecule has 19 heavy (non-hydrogen) atoms. The normalized spacial score (nSPS) is 27.7. The molecule has 0 radical (unpaired) electrons. The Bertz CT molecular complexity index is 396. The number of likely N-dealkylation sites (tertiary alicyclic amines) is 1. The molecule has 0 saturated carbocycles. The fourth-order valence-corrected chi connectivity index (χ4v) is 2.67. The Morgan fingerprint density at radius 3 is 2.68 bits per heavy atom. The molecule has 3 fully saturated rings. The molecule has 3 saturated heterocycles. The van der Waals surface area contributed by atoms with E-state index in [1.54, 1.807) is 4.90 Å². The highest BCUT2D eigenvalue weighted by Gasteiger charge is 2.40. The number of hydrogen-bond acceptors (Lipinski definition) is 5. The Balaban J connectivity index is 1.46. The quantitative estimate of drug-likeness (QED) is 0.687. The predicted octanol–water partition coefficient (Wildman–Crippen LogP) is -0.540. The van der Waals surface area contributed by atoms with Gasteiger partial charge in [-0.2, -0.15) is 0 Å². The van der Waals surface area contributed by atoms with Crippen LogP contribution >= 0.6 is 0 Å². The minimum absolute atomic E-state index is 0.0145. The van der Waals surface area contributed by atoms with Crippen molar-refractivity contribution in [3.63, 3.8) is 0 Å². The second-order valence-corrected chi connectivity index (χ2v) is 5.23. The molecule has 0 bridgehead atoms. The number of cyclic esters (lactones) is 1. The monoisotopic (exact) mass is 268 g/mol. The van der Waals surface area contributed by atoms with Gasteiger partial charge < -0.3 is 14.4 Å². The number of amides is 3. The molecule has 3 aliphatic rings. The van der Waals surface area contributed by atoms with Gasteiger partial charge in [-0.1, -0.05) is 0 Å². The second-order valence-electron chi connectivity index (χ2n) is 5.23. The molecule has 7 nitrogen and oxygen atoms in total. The Morgan fingerprint density at radius 2 is 2.11 bits per heavy atom. The molecule has 0 aliphatic carbocycles. The zero-order valence-electron chi connectivity index (χ0n) is 10.5. The van der Waals surface area contributed by atoms with Crippen LogP contribution in [0, 0.1) is 11.8 Å². The molecule has 3 heterocycles. The highest BCUT2D eigenvalue weighted by Crippen LogP contribution is 2.24. The molecule has 0 spiro atoms. The van der Waals surface area contributed by atoms with E-state index in [0.717, 1.165) is 11.3 Å². The summed E-state index contributed by atoms with van der Waals surface area (Å²) in [6, 6.07) is 0. The van der Waals surface area contributed by atoms with E-state index >= 15 is 0 Å². The Morgan fingerprint density at radius 1 is 1.32 bits per heavy atom. The number of carbonyl (C=O) groups is 3. The number of ether oxygens (including phenoxy) is 2. The first-order chi connectivity index (χ1) is 9.15. The number of rotatable bonds is 3. The Kier molecular flexibility index (Phi) is 3.14. The van der Waals surface area contributed by atoms with E-state index in [2.05, 4.69) is 4.74 Å². The molecular weight excluding hydrogens is 252 g/mol. The second kappa shape index (κ2) is 4.80. The van der Waals surface area contributed by atoms with Crippen LogP contribution in [0.2, 0.25) is 0 Å². The highest BCUT2D eigenvalue weighted by atomic mass is 16.6. The summed E-state index contributed by atoms with van der Waals surface area (Å²) < 4.78 is 9.84. The van der Waals surface area contributed by atoms with Gasteiger partial charge in [0.25, 0.3) is 5.91 Å². The van der Waals surface area contributed by atoms with E-state index in [4.69, 9.17) is 4.74 Å². The number of nitrogens with zero attached hydrogens (tertiary/aromatic N) is 2. The number of carbonyl (C=O) groups excluding carboxylic acids is 3. The molecule has 104 valence electrons. The van der Waals surface area contributed by atoms with Crippen LogP contribution in [0.25, 0.3) is 0 Å². The van der Waals surface area contributed by atoms with Gasteiger partial charge >= 0.3 is 6.09 Å². The van der Waals surface area contributed by atoms with Crippen LogP contribution in [-0.2, 0) is 19.1 Å². The molecule has 3 rings (SSSR count). The molecule has 0 aromatic carbocycles. The topological polar surface area (TPSA) is 76.2 Å². The SMILES string of the molecule is O=C([C@H]1CCOC1)N1CC(CN2C(=O)COC2=O)C1. The third-order valence-electron chi connectivity index (χ3n) is 3.83. The lowest BCUT2D eigenvalue weighted by Crippen LogP contribution is -2.56. The average molecular weight is 268 g/mol. The molecular formula is C12H16N2O5. The zero-order valence-corrected chi connectivity index (χ0v) is 10.5. The lowest BCUT2D eigenvalue weighted by molar-refractivity contribution is -0.142. The molecule has 7 heteroatoms. The summed E-state index contributed by atoms with van der Waals surface area (Å²) in [7, 11) is 0. The van der Waals surface area contributed by atoms with Crippen molar-refractivity contribution < 1.29 is 23.9 Å². The smallest absolute Gasteiger partial charge is 0.417 e. The van der Waals surface area contributed by atoms with E-state index < -0.39 is 6.09 Å². The highest BCUT2D eigenvalue weighted by molar-refractivity contribution is 5.97. The fraction of sp³-hybridized carbons (Fsp3) is 0.750. The predicted molar refractivity (Wildman–Crippen MR) is 62.1 cm³/mol. The third-order valence-corrected chi connectivity index (χ3v) is 3.83. The van der Waals surface area contributed by atoms with Gasteiger partial charge in [0.05, 0.1) is 12.5 Å². The van der Waals surface area contributed by atoms with Gasteiger partial charge in [-0.25, -0.2) is 9.69 Å². The lowest BCUT2D eigenvalue weighted by Gasteiger charge is -2.41. The van der Waals surface area contributed by atoms with Crippen LogP contribution in [0.1, 0.15) is 6.42 Å². The number of hydrogen-bond donors (Lipinski definition) is 0. The van der Waals surface area contributed by atoms with E-state index in [-0.39, 0.29) is 30.3 Å². The van der Waals surface area contributed by atoms with Gasteiger partial charge in [0, 0.05) is 32.2 Å². The van der Waals surface area contributed by atoms with Gasteiger partial charge in [-0.05, 0) is 6.42 Å². The molecule has 0 aromatic rings. The summed E-state index contributed by atoms with van der Waals surface area (Å²) in [4.78, 5) is 37.6. The van der Waals surface area contributed by atoms with E-state index in [0.29, 0.717) is 32.8 Å². The first-order valence-corrected chi connectivity index (χ1v) is 6.49. The average Bonchev–Trinajstić information content (AvgIpc) is 2.96. The zero-order chi connectivity index (χ0) is 13.4. The number of imide groups is 1. The molecule has 3 amide bonds. The van der Waals surface area contributed by atoms with Gasteiger partial charge in [-0.15, -0.1) is 0 Å². The van der Waals surface area contributed by atoms with Crippen LogP contribution in [0.15, 0.2) is 0 Å². The summed E-state index contributed by atoms with van der Waals surface area (Å²) in [5.74, 6) is -0.0109. The van der Waals surface area contributed by atoms with Crippen molar-refractivity contribution in [2.75, 3.05) is 39.5 Å². The van der Waals surface area contributed by atoms with Crippen LogP contribution in [0.5, 0.6) is 0 Å². The van der Waals surface area contributed by atoms with Gasteiger partial charge in [0.1, 0.15) is 0 Å². The minimum Gasteiger partial charge on any atom is -0.439 e. The standard InChI is InChI=1S/C12H16N2O5/c15-10-7-19-12(17)14(10)5-8-3-13(4-8)11(16)9-1-2-18-6-9/h8-9H,1-7H2/t9-/m0/s1. The van der Waals surface area contributed by atoms with E-state index in [1.807, 2.05) is 0 Å². The minimum atomic E-state index is -0.570. The van der Waals surface area contributed by atoms with Crippen LogP contribution in [0.3, 0.4) is 0 Å². The van der Waals surface area contributed by atoms with E-state index in [1.165, 1.54) is 0 Å². The first-order valence-electron chi connectivity index (χ1n) is 6.49. The first kappa shape index (κ1) is 12.4. The van der Waals surface area contributed by atoms with Gasteiger partial charge in [0.15, 0.2) is 6.61 Å². The summed E-state index contributed by atoms with van der Waals surface area (Å²) in [6.45, 7) is 2.56. The third kappa shape index (κ3) is 2.30. The van der Waals surface area contributed by atoms with Crippen molar-refractivity contribution in [2.24, 2.45) is 11.8 Å². The lowest BCUT2D eigenvalue weighted by atomic mass is 9.96. The van der Waals surface area contributed by atoms with Crippen molar-refractivity contribution in [3.8, 4) is 0 Å². The van der Waals surface area contributed by atoms with Crippen LogP contribution in [-0.4, -0.2) is 67.2 Å². The van der Waals surface area contributed by atoms with Crippen LogP contribution < -0.4 is 0 Å². The summed E-state index contributed by atoms with van der Waals surface area (Å²) in [6.07, 6.45) is 0.218. The van der Waals surface area contributed by atoms with E-state index in [9.17, 15) is 14.4 Å². The maximum absolute atomic E-state index is 12.0. The molecule has 1 atom stereocenters. The Labute approximate surface area is 110 Å². The molecule has 0 N–H and O–H groups in total. The molecule has 3 aliphatic heterocycles. The van der Waals surface area contributed by atoms with Crippen LogP contribution in [0.4, 0.5) is 4.79 Å². The maximum atomic E-state index is 12.0. The fourth-order valence-electron chi connectivity index (χ4n) is 2.67. The Hall–Kier alpha value is -1.63. The molecule has 0 unspecified atom stereocenters. The summed E-state index contributed by atoms with van der Waals surface area (Å²) in [5.41, 5.74) is 0. The van der Waals surface area contributed by atoms with Crippen molar-refractivity contribution in [3.05, 3.63) is 0 Å².